The molecule has 0 aromatic heterocycles. The van der Waals surface area contributed by atoms with E-state index in [0.29, 0.717) is 37.9 Å². The van der Waals surface area contributed by atoms with Gasteiger partial charge in [0.1, 0.15) is 0 Å². The standard InChI is InChI=1S/C32H62O6/c1-10-16-20-26(14-5)24-35-29(33)28(22-18-12-3)37-38-32(23-19-13-4,31(7,8)9)30(34)36-25-27(15-6)21-17-11-2/h26-28H,10-25H2,1-9H3. The number of rotatable bonds is 23. The molecule has 0 N–H and O–H groups in total. The van der Waals surface area contributed by atoms with Gasteiger partial charge in [0.15, 0.2) is 6.10 Å². The lowest BCUT2D eigenvalue weighted by Crippen LogP contribution is -2.54. The van der Waals surface area contributed by atoms with Crippen LogP contribution in [-0.2, 0) is 28.8 Å². The van der Waals surface area contributed by atoms with Crippen molar-refractivity contribution in [1.29, 1.82) is 0 Å². The van der Waals surface area contributed by atoms with Gasteiger partial charge in [-0.2, -0.15) is 0 Å². The molecule has 0 bridgehead atoms. The van der Waals surface area contributed by atoms with Crippen LogP contribution in [0.3, 0.4) is 0 Å². The Morgan fingerprint density at radius 3 is 1.58 bits per heavy atom. The zero-order valence-electron chi connectivity index (χ0n) is 26.5. The minimum Gasteiger partial charge on any atom is -0.463 e. The molecule has 0 aromatic carbocycles. The molecule has 0 rings (SSSR count). The Hall–Kier alpha value is -1.14. The highest BCUT2D eigenvalue weighted by atomic mass is 17.2. The van der Waals surface area contributed by atoms with Crippen LogP contribution in [0.15, 0.2) is 0 Å². The molecule has 6 heteroatoms. The summed E-state index contributed by atoms with van der Waals surface area (Å²) in [6.45, 7) is 19.4. The van der Waals surface area contributed by atoms with Crippen LogP contribution in [0.25, 0.3) is 0 Å². The first-order chi connectivity index (χ1) is 18.1. The van der Waals surface area contributed by atoms with E-state index in [2.05, 4.69) is 41.5 Å². The lowest BCUT2D eigenvalue weighted by Gasteiger charge is -2.41. The Kier molecular flexibility index (Phi) is 20.1. The number of esters is 2. The van der Waals surface area contributed by atoms with E-state index in [1.807, 2.05) is 20.8 Å². The first-order valence-electron chi connectivity index (χ1n) is 15.7. The molecule has 0 aliphatic heterocycles. The average molecular weight is 543 g/mol. The first-order valence-corrected chi connectivity index (χ1v) is 15.7. The molecule has 0 saturated heterocycles. The number of carbonyl (C=O) groups is 2. The van der Waals surface area contributed by atoms with Crippen molar-refractivity contribution in [1.82, 2.24) is 0 Å². The number of hydrogen-bond donors (Lipinski definition) is 0. The van der Waals surface area contributed by atoms with Gasteiger partial charge in [-0.15, -0.1) is 0 Å². The topological polar surface area (TPSA) is 71.1 Å². The van der Waals surface area contributed by atoms with Gasteiger partial charge in [0, 0.05) is 5.41 Å². The fourth-order valence-electron chi connectivity index (χ4n) is 4.54. The Labute approximate surface area is 235 Å². The molecule has 0 saturated carbocycles. The third kappa shape index (κ3) is 13.3. The van der Waals surface area contributed by atoms with Gasteiger partial charge in [0.2, 0.25) is 5.60 Å². The van der Waals surface area contributed by atoms with Gasteiger partial charge in [0.05, 0.1) is 13.2 Å². The van der Waals surface area contributed by atoms with Crippen LogP contribution < -0.4 is 0 Å². The van der Waals surface area contributed by atoms with Crippen molar-refractivity contribution in [3.8, 4) is 0 Å². The summed E-state index contributed by atoms with van der Waals surface area (Å²) in [5.74, 6) is -0.137. The van der Waals surface area contributed by atoms with Crippen LogP contribution in [0.1, 0.15) is 152 Å². The van der Waals surface area contributed by atoms with Crippen LogP contribution in [0.5, 0.6) is 0 Å². The zero-order chi connectivity index (χ0) is 29.0. The monoisotopic (exact) mass is 542 g/mol. The molecule has 0 amide bonds. The molecular weight excluding hydrogens is 480 g/mol. The quantitative estimate of drug-likeness (QED) is 0.0729. The average Bonchev–Trinajstić information content (AvgIpc) is 2.89. The first kappa shape index (κ1) is 36.9. The maximum atomic E-state index is 13.7. The molecule has 4 unspecified atom stereocenters. The molecule has 0 heterocycles. The smallest absolute Gasteiger partial charge is 0.342 e. The summed E-state index contributed by atoms with van der Waals surface area (Å²) >= 11 is 0. The van der Waals surface area contributed by atoms with E-state index in [1.165, 1.54) is 0 Å². The molecule has 0 aliphatic rings. The second-order valence-corrected chi connectivity index (χ2v) is 12.1. The fourth-order valence-corrected chi connectivity index (χ4v) is 4.54. The van der Waals surface area contributed by atoms with Crippen LogP contribution in [0.2, 0.25) is 0 Å². The molecule has 38 heavy (non-hydrogen) atoms. The van der Waals surface area contributed by atoms with Gasteiger partial charge in [-0.3, -0.25) is 0 Å². The van der Waals surface area contributed by atoms with E-state index >= 15 is 0 Å². The molecule has 0 aromatic rings. The number of carbonyl (C=O) groups excluding carboxylic acids is 2. The van der Waals surface area contributed by atoms with E-state index in [0.717, 1.165) is 77.0 Å². The van der Waals surface area contributed by atoms with E-state index in [-0.39, 0.29) is 0 Å². The molecule has 6 nitrogen and oxygen atoms in total. The molecule has 0 aliphatic carbocycles. The van der Waals surface area contributed by atoms with Gasteiger partial charge < -0.3 is 9.47 Å². The van der Waals surface area contributed by atoms with Gasteiger partial charge in [-0.05, 0) is 37.5 Å². The lowest BCUT2D eigenvalue weighted by atomic mass is 9.73. The van der Waals surface area contributed by atoms with Crippen molar-refractivity contribution in [2.24, 2.45) is 17.3 Å². The van der Waals surface area contributed by atoms with Crippen molar-refractivity contribution < 1.29 is 28.8 Å². The third-order valence-corrected chi connectivity index (χ3v) is 7.81. The van der Waals surface area contributed by atoms with Gasteiger partial charge in [-0.25, -0.2) is 19.4 Å². The maximum Gasteiger partial charge on any atom is 0.342 e. The molecule has 226 valence electrons. The number of unbranched alkanes of at least 4 members (excludes halogenated alkanes) is 4. The summed E-state index contributed by atoms with van der Waals surface area (Å²) in [5.41, 5.74) is -1.92. The predicted octanol–water partition coefficient (Wildman–Crippen LogP) is 8.99. The molecule has 0 radical (unpaired) electrons. The summed E-state index contributed by atoms with van der Waals surface area (Å²) < 4.78 is 11.6. The normalized spacial score (nSPS) is 15.9. The zero-order valence-corrected chi connectivity index (χ0v) is 26.5. The van der Waals surface area contributed by atoms with Crippen molar-refractivity contribution in [2.45, 2.75) is 164 Å². The van der Waals surface area contributed by atoms with Crippen molar-refractivity contribution in [3.63, 3.8) is 0 Å². The summed E-state index contributed by atoms with van der Waals surface area (Å²) in [6.07, 6.45) is 12.0. The number of hydrogen-bond acceptors (Lipinski definition) is 6. The highest BCUT2D eigenvalue weighted by Crippen LogP contribution is 2.40. The second kappa shape index (κ2) is 20.7. The van der Waals surface area contributed by atoms with E-state index in [4.69, 9.17) is 19.2 Å². The fraction of sp³-hybridized carbons (Fsp3) is 0.938. The Bertz CT molecular complexity index is 614. The highest BCUT2D eigenvalue weighted by Gasteiger charge is 2.53. The summed E-state index contributed by atoms with van der Waals surface area (Å²) in [7, 11) is 0. The lowest BCUT2D eigenvalue weighted by molar-refractivity contribution is -0.393. The highest BCUT2D eigenvalue weighted by molar-refractivity contribution is 5.80. The van der Waals surface area contributed by atoms with E-state index in [9.17, 15) is 9.59 Å². The van der Waals surface area contributed by atoms with Crippen molar-refractivity contribution in [3.05, 3.63) is 0 Å². The van der Waals surface area contributed by atoms with Crippen LogP contribution in [-0.4, -0.2) is 36.9 Å². The summed E-state index contributed by atoms with van der Waals surface area (Å²) in [5, 5.41) is 0. The Balaban J connectivity index is 5.71. The molecule has 0 fully saturated rings. The minimum atomic E-state index is -1.32. The van der Waals surface area contributed by atoms with Crippen molar-refractivity contribution in [2.75, 3.05) is 13.2 Å². The Morgan fingerprint density at radius 1 is 0.658 bits per heavy atom. The van der Waals surface area contributed by atoms with Crippen molar-refractivity contribution >= 4 is 11.9 Å². The minimum absolute atomic E-state index is 0.329. The van der Waals surface area contributed by atoms with E-state index < -0.39 is 29.1 Å². The van der Waals surface area contributed by atoms with Gasteiger partial charge in [0.25, 0.3) is 0 Å². The summed E-state index contributed by atoms with van der Waals surface area (Å²) in [4.78, 5) is 38.8. The van der Waals surface area contributed by atoms with Crippen LogP contribution in [0.4, 0.5) is 0 Å². The number of ether oxygens (including phenoxy) is 2. The molecule has 0 spiro atoms. The SMILES string of the molecule is CCCCC(CC)COC(=O)C(CCCC)OOC(CCCC)(C(=O)OCC(CC)CCCC)C(C)(C)C. The second-order valence-electron chi connectivity index (χ2n) is 12.1. The van der Waals surface area contributed by atoms with Gasteiger partial charge in [-0.1, -0.05) is 127 Å². The summed E-state index contributed by atoms with van der Waals surface area (Å²) in [6, 6.07) is 0. The molecule has 4 atom stereocenters. The third-order valence-electron chi connectivity index (χ3n) is 7.81. The van der Waals surface area contributed by atoms with Gasteiger partial charge >= 0.3 is 11.9 Å². The van der Waals surface area contributed by atoms with Crippen LogP contribution >= 0.6 is 0 Å². The van der Waals surface area contributed by atoms with E-state index in [1.54, 1.807) is 0 Å². The largest absolute Gasteiger partial charge is 0.463 e. The van der Waals surface area contributed by atoms with Crippen LogP contribution in [0, 0.1) is 17.3 Å². The predicted molar refractivity (Wildman–Crippen MR) is 156 cm³/mol. The Morgan fingerprint density at radius 2 is 1.13 bits per heavy atom. The maximum absolute atomic E-state index is 13.7. The molecular formula is C32H62O6.